The molecule has 4 rings (SSSR count). The van der Waals surface area contributed by atoms with Gasteiger partial charge in [-0.15, -0.1) is 0 Å². The van der Waals surface area contributed by atoms with Crippen molar-refractivity contribution in [2.75, 3.05) is 42.9 Å². The molecule has 3 atom stereocenters. The van der Waals surface area contributed by atoms with Crippen molar-refractivity contribution in [3.8, 4) is 0 Å². The summed E-state index contributed by atoms with van der Waals surface area (Å²) >= 11 is 0. The van der Waals surface area contributed by atoms with Gasteiger partial charge in [0.25, 0.3) is 0 Å². The lowest BCUT2D eigenvalue weighted by atomic mass is 9.75. The van der Waals surface area contributed by atoms with E-state index in [1.54, 1.807) is 5.57 Å². The molecule has 0 radical (unpaired) electrons. The van der Waals surface area contributed by atoms with Gasteiger partial charge in [0, 0.05) is 45.0 Å². The van der Waals surface area contributed by atoms with E-state index < -0.39 is 0 Å². The molecule has 0 amide bonds. The fraction of sp³-hybridized carbons (Fsp3) is 0.760. The average Bonchev–Trinajstić information content (AvgIpc) is 3.03. The van der Waals surface area contributed by atoms with Gasteiger partial charge in [0.15, 0.2) is 0 Å². The normalized spacial score (nSPS) is 29.4. The van der Waals surface area contributed by atoms with E-state index in [4.69, 9.17) is 4.98 Å². The van der Waals surface area contributed by atoms with Gasteiger partial charge in [-0.3, -0.25) is 0 Å². The van der Waals surface area contributed by atoms with E-state index in [1.165, 1.54) is 64.6 Å². The molecular weight excluding hydrogens is 370 g/mol. The molecule has 1 aliphatic carbocycles. The highest BCUT2D eigenvalue weighted by molar-refractivity contribution is 5.43. The number of rotatable bonds is 5. The molecule has 2 aliphatic heterocycles. The molecule has 30 heavy (non-hydrogen) atoms. The molecule has 3 heterocycles. The third-order valence-corrected chi connectivity index (χ3v) is 7.69. The highest BCUT2D eigenvalue weighted by Gasteiger charge is 2.29. The minimum Gasteiger partial charge on any atom is -0.356 e. The molecule has 0 saturated carbocycles. The summed E-state index contributed by atoms with van der Waals surface area (Å²) in [5.41, 5.74) is 1.59. The number of likely N-dealkylation sites (tertiary alicyclic amines) is 1. The summed E-state index contributed by atoms with van der Waals surface area (Å²) < 4.78 is 0. The Kier molecular flexibility index (Phi) is 7.29. The monoisotopic (exact) mass is 411 g/mol. The van der Waals surface area contributed by atoms with Crippen LogP contribution in [0.1, 0.15) is 65.7 Å². The summed E-state index contributed by atoms with van der Waals surface area (Å²) in [4.78, 5) is 14.5. The average molecular weight is 412 g/mol. The van der Waals surface area contributed by atoms with Crippen molar-refractivity contribution in [1.29, 1.82) is 0 Å². The Bertz CT molecular complexity index is 701. The third-order valence-electron chi connectivity index (χ3n) is 7.69. The van der Waals surface area contributed by atoms with Crippen LogP contribution in [0.25, 0.3) is 0 Å². The van der Waals surface area contributed by atoms with Crippen LogP contribution in [-0.2, 0) is 0 Å². The number of nitrogens with zero attached hydrogens (tertiary/aromatic N) is 4. The molecule has 5 nitrogen and oxygen atoms in total. The van der Waals surface area contributed by atoms with Gasteiger partial charge in [0.1, 0.15) is 5.82 Å². The fourth-order valence-electron chi connectivity index (χ4n) is 5.60. The molecule has 1 aromatic rings. The first-order chi connectivity index (χ1) is 14.6. The van der Waals surface area contributed by atoms with Gasteiger partial charge >= 0.3 is 0 Å². The first-order valence-corrected chi connectivity index (χ1v) is 12.3. The van der Waals surface area contributed by atoms with E-state index in [0.717, 1.165) is 42.6 Å². The number of hydrogen-bond acceptors (Lipinski definition) is 5. The molecule has 166 valence electrons. The number of anilines is 2. The second-order valence-electron chi connectivity index (χ2n) is 10.1. The smallest absolute Gasteiger partial charge is 0.224 e. The quantitative estimate of drug-likeness (QED) is 0.693. The zero-order valence-electron chi connectivity index (χ0n) is 19.3. The minimum absolute atomic E-state index is 0.491. The van der Waals surface area contributed by atoms with Crippen molar-refractivity contribution in [3.05, 3.63) is 23.9 Å². The molecule has 2 fully saturated rings. The Labute approximate surface area is 183 Å². The van der Waals surface area contributed by atoms with E-state index in [2.05, 4.69) is 53.0 Å². The molecule has 2 saturated heterocycles. The Morgan fingerprint density at radius 1 is 1.03 bits per heavy atom. The SMILES string of the molecule is CC1=CC(C)C(C)C(CN2CCC(Nc3nccc(N4CCCCCC4)n3)CC2)C1. The Hall–Kier alpha value is -1.62. The van der Waals surface area contributed by atoms with Crippen molar-refractivity contribution in [3.63, 3.8) is 0 Å². The summed E-state index contributed by atoms with van der Waals surface area (Å²) in [6.45, 7) is 13.0. The molecule has 3 unspecified atom stereocenters. The van der Waals surface area contributed by atoms with Crippen LogP contribution in [0, 0.1) is 17.8 Å². The van der Waals surface area contributed by atoms with E-state index in [0.29, 0.717) is 6.04 Å². The van der Waals surface area contributed by atoms with Gasteiger partial charge in [0.05, 0.1) is 0 Å². The van der Waals surface area contributed by atoms with Gasteiger partial charge in [0.2, 0.25) is 5.95 Å². The number of hydrogen-bond donors (Lipinski definition) is 1. The van der Waals surface area contributed by atoms with Crippen molar-refractivity contribution in [2.24, 2.45) is 17.8 Å². The number of aromatic nitrogens is 2. The topological polar surface area (TPSA) is 44.3 Å². The predicted molar refractivity (Wildman–Crippen MR) is 126 cm³/mol. The van der Waals surface area contributed by atoms with E-state index >= 15 is 0 Å². The van der Waals surface area contributed by atoms with Crippen LogP contribution >= 0.6 is 0 Å². The lowest BCUT2D eigenvalue weighted by molar-refractivity contribution is 0.145. The second-order valence-corrected chi connectivity index (χ2v) is 10.1. The molecule has 3 aliphatic rings. The number of allylic oxidation sites excluding steroid dienone is 2. The van der Waals surface area contributed by atoms with Gasteiger partial charge in [-0.05, 0) is 62.8 Å². The summed E-state index contributed by atoms with van der Waals surface area (Å²) in [5.74, 6) is 4.22. The van der Waals surface area contributed by atoms with Crippen molar-refractivity contribution in [1.82, 2.24) is 14.9 Å². The maximum absolute atomic E-state index is 4.86. The van der Waals surface area contributed by atoms with E-state index in [-0.39, 0.29) is 0 Å². The summed E-state index contributed by atoms with van der Waals surface area (Å²) in [6, 6.07) is 2.56. The van der Waals surface area contributed by atoms with Crippen LogP contribution in [-0.4, -0.2) is 53.6 Å². The van der Waals surface area contributed by atoms with Crippen LogP contribution in [0.3, 0.4) is 0 Å². The molecule has 0 aromatic carbocycles. The van der Waals surface area contributed by atoms with Crippen LogP contribution in [0.15, 0.2) is 23.9 Å². The van der Waals surface area contributed by atoms with Crippen LogP contribution in [0.5, 0.6) is 0 Å². The second kappa shape index (κ2) is 10.1. The lowest BCUT2D eigenvalue weighted by Crippen LogP contribution is -2.43. The van der Waals surface area contributed by atoms with Crippen molar-refractivity contribution >= 4 is 11.8 Å². The van der Waals surface area contributed by atoms with E-state index in [9.17, 15) is 0 Å². The predicted octanol–water partition coefficient (Wildman–Crippen LogP) is 4.97. The van der Waals surface area contributed by atoms with Crippen molar-refractivity contribution < 1.29 is 0 Å². The van der Waals surface area contributed by atoms with Gasteiger partial charge < -0.3 is 15.1 Å². The first kappa shape index (κ1) is 21.6. The molecule has 0 bridgehead atoms. The molecule has 1 N–H and O–H groups in total. The van der Waals surface area contributed by atoms with Gasteiger partial charge in [-0.1, -0.05) is 38.3 Å². The first-order valence-electron chi connectivity index (χ1n) is 12.3. The Balaban J connectivity index is 1.27. The molecule has 0 spiro atoms. The summed E-state index contributed by atoms with van der Waals surface area (Å²) in [7, 11) is 0. The zero-order chi connectivity index (χ0) is 20.9. The zero-order valence-corrected chi connectivity index (χ0v) is 19.3. The lowest BCUT2D eigenvalue weighted by Gasteiger charge is -2.39. The maximum Gasteiger partial charge on any atom is 0.224 e. The third kappa shape index (κ3) is 5.54. The standard InChI is InChI=1S/C25H41N5/c1-19-16-20(2)21(3)22(17-19)18-29-14-9-23(10-15-29)27-25-26-11-8-24(28-25)30-12-6-4-5-7-13-30/h8,11,16,20-23H,4-7,9-10,12-15,17-18H2,1-3H3,(H,26,27,28). The molecule has 1 aromatic heterocycles. The Morgan fingerprint density at radius 3 is 2.50 bits per heavy atom. The largest absolute Gasteiger partial charge is 0.356 e. The number of nitrogens with one attached hydrogen (secondary N) is 1. The fourth-order valence-corrected chi connectivity index (χ4v) is 5.60. The summed E-state index contributed by atoms with van der Waals surface area (Å²) in [5, 5.41) is 3.64. The van der Waals surface area contributed by atoms with Gasteiger partial charge in [-0.2, -0.15) is 4.98 Å². The minimum atomic E-state index is 0.491. The van der Waals surface area contributed by atoms with Crippen LogP contribution < -0.4 is 10.2 Å². The highest BCUT2D eigenvalue weighted by atomic mass is 15.2. The van der Waals surface area contributed by atoms with Crippen LogP contribution in [0.2, 0.25) is 0 Å². The van der Waals surface area contributed by atoms with E-state index in [1.807, 2.05) is 6.20 Å². The number of piperidine rings is 1. The highest BCUT2D eigenvalue weighted by Crippen LogP contribution is 2.34. The molecular formula is C25H41N5. The van der Waals surface area contributed by atoms with Crippen molar-refractivity contribution in [2.45, 2.75) is 71.8 Å². The van der Waals surface area contributed by atoms with Crippen LogP contribution in [0.4, 0.5) is 11.8 Å². The molecule has 5 heteroatoms. The van der Waals surface area contributed by atoms with Gasteiger partial charge in [-0.25, -0.2) is 4.98 Å². The maximum atomic E-state index is 4.86. The Morgan fingerprint density at radius 2 is 1.77 bits per heavy atom. The summed E-state index contributed by atoms with van der Waals surface area (Å²) in [6.07, 6.45) is 13.3.